The molecule has 0 aliphatic rings. The van der Waals surface area contributed by atoms with Gasteiger partial charge in [-0.3, -0.25) is 9.78 Å². The highest BCUT2D eigenvalue weighted by atomic mass is 32.2. The Hall–Kier alpha value is -2.25. The van der Waals surface area contributed by atoms with E-state index in [1.54, 1.807) is 29.4 Å². The van der Waals surface area contributed by atoms with Crippen LogP contribution in [0, 0.1) is 0 Å². The van der Waals surface area contributed by atoms with Crippen molar-refractivity contribution in [1.82, 2.24) is 14.8 Å². The summed E-state index contributed by atoms with van der Waals surface area (Å²) >= 11 is 0. The molecule has 134 valence electrons. The Kier molecular flexibility index (Phi) is 6.27. The Balaban J connectivity index is 2.28. The fourth-order valence-corrected chi connectivity index (χ4v) is 2.99. The number of amides is 1. The van der Waals surface area contributed by atoms with Crippen LogP contribution in [0.25, 0.3) is 0 Å². The van der Waals surface area contributed by atoms with Crippen molar-refractivity contribution in [3.05, 3.63) is 59.9 Å². The number of pyridine rings is 1. The standard InChI is InChI=1S/C18H23N3O3S/c1-20(2)10-11-21(14-15-6-5-9-19-13-15)18(22)16-7-4-8-17(12-16)25(3,23)24/h4-9,12-13H,10-11,14H2,1-3H3. The third-order valence-corrected chi connectivity index (χ3v) is 4.82. The lowest BCUT2D eigenvalue weighted by atomic mass is 10.1. The first kappa shape index (κ1) is 19.1. The fraction of sp³-hybridized carbons (Fsp3) is 0.333. The molecule has 0 atom stereocenters. The first-order valence-electron chi connectivity index (χ1n) is 7.90. The van der Waals surface area contributed by atoms with Crippen molar-refractivity contribution in [1.29, 1.82) is 0 Å². The number of hydrogen-bond donors (Lipinski definition) is 0. The number of carbonyl (C=O) groups is 1. The Bertz CT molecular complexity index is 820. The molecule has 0 aliphatic heterocycles. The molecule has 0 saturated heterocycles. The normalized spacial score (nSPS) is 11.5. The summed E-state index contributed by atoms with van der Waals surface area (Å²) in [5, 5.41) is 0. The summed E-state index contributed by atoms with van der Waals surface area (Å²) in [6.45, 7) is 1.66. The molecule has 2 aromatic rings. The van der Waals surface area contributed by atoms with Gasteiger partial charge in [0.2, 0.25) is 0 Å². The molecule has 7 heteroatoms. The summed E-state index contributed by atoms with van der Waals surface area (Å²) in [7, 11) is 0.525. The predicted molar refractivity (Wildman–Crippen MR) is 97.1 cm³/mol. The van der Waals surface area contributed by atoms with Gasteiger partial charge in [0.15, 0.2) is 9.84 Å². The topological polar surface area (TPSA) is 70.6 Å². The van der Waals surface area contributed by atoms with E-state index in [2.05, 4.69) is 4.98 Å². The molecule has 0 N–H and O–H groups in total. The van der Waals surface area contributed by atoms with Gasteiger partial charge in [0, 0.05) is 43.8 Å². The highest BCUT2D eigenvalue weighted by Crippen LogP contribution is 2.15. The number of sulfone groups is 1. The number of carbonyl (C=O) groups excluding carboxylic acids is 1. The van der Waals surface area contributed by atoms with Crippen molar-refractivity contribution in [2.45, 2.75) is 11.4 Å². The summed E-state index contributed by atoms with van der Waals surface area (Å²) in [4.78, 5) is 20.9. The van der Waals surface area contributed by atoms with Crippen molar-refractivity contribution >= 4 is 15.7 Å². The molecule has 1 aromatic heterocycles. The molecule has 0 saturated carbocycles. The number of nitrogens with zero attached hydrogens (tertiary/aromatic N) is 3. The number of rotatable bonds is 7. The molecular formula is C18H23N3O3S. The molecule has 0 spiro atoms. The molecular weight excluding hydrogens is 338 g/mol. The third kappa shape index (κ3) is 5.65. The summed E-state index contributed by atoms with van der Waals surface area (Å²) in [6, 6.07) is 9.91. The van der Waals surface area contributed by atoms with Gasteiger partial charge in [0.25, 0.3) is 5.91 Å². The van der Waals surface area contributed by atoms with Crippen LogP contribution in [0.3, 0.4) is 0 Å². The minimum atomic E-state index is -3.36. The van der Waals surface area contributed by atoms with E-state index in [9.17, 15) is 13.2 Å². The van der Waals surface area contributed by atoms with Crippen molar-refractivity contribution < 1.29 is 13.2 Å². The van der Waals surface area contributed by atoms with Crippen molar-refractivity contribution in [2.75, 3.05) is 33.4 Å². The summed E-state index contributed by atoms with van der Waals surface area (Å²) < 4.78 is 23.5. The molecule has 0 fully saturated rings. The largest absolute Gasteiger partial charge is 0.333 e. The van der Waals surface area contributed by atoms with Crippen LogP contribution in [0.15, 0.2) is 53.7 Å². The van der Waals surface area contributed by atoms with E-state index in [4.69, 9.17) is 0 Å². The monoisotopic (exact) mass is 361 g/mol. The average molecular weight is 361 g/mol. The first-order chi connectivity index (χ1) is 11.8. The molecule has 2 rings (SSSR count). The minimum absolute atomic E-state index is 0.146. The highest BCUT2D eigenvalue weighted by Gasteiger charge is 2.18. The lowest BCUT2D eigenvalue weighted by Crippen LogP contribution is -2.36. The molecule has 1 heterocycles. The summed E-state index contributed by atoms with van der Waals surface area (Å²) in [5.74, 6) is -0.198. The molecule has 0 bridgehead atoms. The van der Waals surface area contributed by atoms with Crippen LogP contribution in [0.4, 0.5) is 0 Å². The number of benzene rings is 1. The van der Waals surface area contributed by atoms with Gasteiger partial charge >= 0.3 is 0 Å². The van der Waals surface area contributed by atoms with Crippen LogP contribution in [0.1, 0.15) is 15.9 Å². The second kappa shape index (κ2) is 8.22. The van der Waals surface area contributed by atoms with Crippen LogP contribution in [-0.2, 0) is 16.4 Å². The van der Waals surface area contributed by atoms with Gasteiger partial charge in [0.1, 0.15) is 0 Å². The van der Waals surface area contributed by atoms with Gasteiger partial charge in [-0.1, -0.05) is 12.1 Å². The number of likely N-dealkylation sites (N-methyl/N-ethyl adjacent to an activating group) is 1. The Morgan fingerprint density at radius 1 is 1.12 bits per heavy atom. The molecule has 0 unspecified atom stereocenters. The van der Waals surface area contributed by atoms with E-state index in [0.29, 0.717) is 25.2 Å². The highest BCUT2D eigenvalue weighted by molar-refractivity contribution is 7.90. The van der Waals surface area contributed by atoms with Gasteiger partial charge in [-0.25, -0.2) is 8.42 Å². The molecule has 1 amide bonds. The maximum Gasteiger partial charge on any atom is 0.254 e. The zero-order valence-electron chi connectivity index (χ0n) is 14.7. The van der Waals surface area contributed by atoms with Gasteiger partial charge in [-0.15, -0.1) is 0 Å². The second-order valence-corrected chi connectivity index (χ2v) is 8.21. The lowest BCUT2D eigenvalue weighted by molar-refractivity contribution is 0.0731. The Morgan fingerprint density at radius 3 is 2.48 bits per heavy atom. The van der Waals surface area contributed by atoms with E-state index in [1.807, 2.05) is 31.1 Å². The summed E-state index contributed by atoms with van der Waals surface area (Å²) in [6.07, 6.45) is 4.55. The smallest absolute Gasteiger partial charge is 0.254 e. The minimum Gasteiger partial charge on any atom is -0.333 e. The van der Waals surface area contributed by atoms with Gasteiger partial charge < -0.3 is 9.80 Å². The zero-order chi connectivity index (χ0) is 18.4. The SMILES string of the molecule is CN(C)CCN(Cc1cccnc1)C(=O)c1cccc(S(C)(=O)=O)c1. The predicted octanol–water partition coefficient (Wildman–Crippen LogP) is 1.69. The van der Waals surface area contributed by atoms with E-state index in [1.165, 1.54) is 12.1 Å². The van der Waals surface area contributed by atoms with Crippen LogP contribution >= 0.6 is 0 Å². The van der Waals surface area contributed by atoms with E-state index in [0.717, 1.165) is 11.8 Å². The molecule has 0 radical (unpaired) electrons. The first-order valence-corrected chi connectivity index (χ1v) is 9.79. The zero-order valence-corrected chi connectivity index (χ0v) is 15.5. The van der Waals surface area contributed by atoms with E-state index >= 15 is 0 Å². The third-order valence-electron chi connectivity index (χ3n) is 3.71. The van der Waals surface area contributed by atoms with Gasteiger partial charge in [-0.05, 0) is 43.9 Å². The second-order valence-electron chi connectivity index (χ2n) is 6.19. The molecule has 25 heavy (non-hydrogen) atoms. The van der Waals surface area contributed by atoms with E-state index in [-0.39, 0.29) is 10.8 Å². The van der Waals surface area contributed by atoms with Crippen LogP contribution in [0.5, 0.6) is 0 Å². The molecule has 1 aromatic carbocycles. The molecule has 0 aliphatic carbocycles. The van der Waals surface area contributed by atoms with Crippen LogP contribution in [0.2, 0.25) is 0 Å². The molecule has 6 nitrogen and oxygen atoms in total. The van der Waals surface area contributed by atoms with Crippen molar-refractivity contribution in [3.63, 3.8) is 0 Å². The van der Waals surface area contributed by atoms with Crippen molar-refractivity contribution in [3.8, 4) is 0 Å². The maximum atomic E-state index is 12.9. The number of aromatic nitrogens is 1. The van der Waals surface area contributed by atoms with Crippen LogP contribution < -0.4 is 0 Å². The van der Waals surface area contributed by atoms with Gasteiger partial charge in [-0.2, -0.15) is 0 Å². The quantitative estimate of drug-likeness (QED) is 0.750. The maximum absolute atomic E-state index is 12.9. The lowest BCUT2D eigenvalue weighted by Gasteiger charge is -2.24. The Morgan fingerprint density at radius 2 is 1.88 bits per heavy atom. The fourth-order valence-electron chi connectivity index (χ4n) is 2.33. The van der Waals surface area contributed by atoms with Crippen LogP contribution in [-0.4, -0.2) is 62.5 Å². The number of hydrogen-bond acceptors (Lipinski definition) is 5. The van der Waals surface area contributed by atoms with Crippen molar-refractivity contribution in [2.24, 2.45) is 0 Å². The Labute approximate surface area is 149 Å². The van der Waals surface area contributed by atoms with E-state index < -0.39 is 9.84 Å². The summed E-state index contributed by atoms with van der Waals surface area (Å²) in [5.41, 5.74) is 1.29. The average Bonchev–Trinajstić information content (AvgIpc) is 2.58. The van der Waals surface area contributed by atoms with Gasteiger partial charge in [0.05, 0.1) is 4.90 Å².